The number of benzene rings is 2. The van der Waals surface area contributed by atoms with Crippen LogP contribution >= 0.6 is 0 Å². The van der Waals surface area contributed by atoms with Gasteiger partial charge in [0.1, 0.15) is 30.5 Å². The average Bonchev–Trinajstić information content (AvgIpc) is 3.28. The van der Waals surface area contributed by atoms with Gasteiger partial charge in [-0.2, -0.15) is 0 Å². The smallest absolute Gasteiger partial charge is 0.323 e. The van der Waals surface area contributed by atoms with E-state index in [1.165, 1.54) is 18.6 Å². The molecule has 6 heteroatoms. The molecule has 5 nitrogen and oxygen atoms in total. The number of nitrogens with zero attached hydrogens (tertiary/aromatic N) is 1. The van der Waals surface area contributed by atoms with Crippen LogP contribution in [-0.2, 0) is 20.9 Å². The quantitative estimate of drug-likeness (QED) is 0.427. The Morgan fingerprint density at radius 3 is 2.55 bits per heavy atom. The van der Waals surface area contributed by atoms with Gasteiger partial charge in [0.05, 0.1) is 7.11 Å². The number of carbonyl (C=O) groups excluding carboxylic acids is 2. The van der Waals surface area contributed by atoms with Gasteiger partial charge in [0.15, 0.2) is 0 Å². The Morgan fingerprint density at radius 1 is 1.12 bits per heavy atom. The summed E-state index contributed by atoms with van der Waals surface area (Å²) in [7, 11) is 1.61. The summed E-state index contributed by atoms with van der Waals surface area (Å²) in [6.07, 6.45) is 6.31. The third-order valence-electron chi connectivity index (χ3n) is 7.12. The first kappa shape index (κ1) is 23.4. The van der Waals surface area contributed by atoms with Crippen LogP contribution in [0.15, 0.2) is 48.5 Å². The second-order valence-corrected chi connectivity index (χ2v) is 9.21. The fourth-order valence-electron chi connectivity index (χ4n) is 5.37. The Labute approximate surface area is 194 Å². The predicted octanol–water partition coefficient (Wildman–Crippen LogP) is 4.74. The van der Waals surface area contributed by atoms with Gasteiger partial charge in [0.2, 0.25) is 0 Å². The zero-order chi connectivity index (χ0) is 23.2. The van der Waals surface area contributed by atoms with Gasteiger partial charge in [-0.1, -0.05) is 43.5 Å². The molecule has 1 heterocycles. The molecule has 0 spiro atoms. The fraction of sp³-hybridized carbons (Fsp3) is 0.481. The highest BCUT2D eigenvalue weighted by Crippen LogP contribution is 2.37. The van der Waals surface area contributed by atoms with Gasteiger partial charge in [0.25, 0.3) is 0 Å². The fourth-order valence-corrected chi connectivity index (χ4v) is 5.37. The number of carbonyl (C=O) groups is 2. The summed E-state index contributed by atoms with van der Waals surface area (Å²) in [5.74, 6) is 0.0257. The molecule has 1 aliphatic carbocycles. The minimum atomic E-state index is -0.385. The second-order valence-electron chi connectivity index (χ2n) is 9.21. The van der Waals surface area contributed by atoms with Crippen LogP contribution in [0.25, 0.3) is 0 Å². The van der Waals surface area contributed by atoms with E-state index in [0.717, 1.165) is 48.8 Å². The van der Waals surface area contributed by atoms with Crippen LogP contribution in [0.5, 0.6) is 5.75 Å². The molecule has 2 fully saturated rings. The molecule has 0 bridgehead atoms. The Kier molecular flexibility index (Phi) is 7.76. The average molecular weight is 454 g/mol. The molecule has 0 N–H and O–H groups in total. The van der Waals surface area contributed by atoms with Crippen LogP contribution in [0.3, 0.4) is 0 Å². The maximum absolute atomic E-state index is 13.9. The first-order valence-electron chi connectivity index (χ1n) is 11.8. The number of rotatable bonds is 8. The number of likely N-dealkylation sites (tertiary alicyclic amines) is 1. The normalized spacial score (nSPS) is 22.6. The molecule has 4 rings (SSSR count). The van der Waals surface area contributed by atoms with Gasteiger partial charge >= 0.3 is 5.97 Å². The summed E-state index contributed by atoms with van der Waals surface area (Å²) < 4.78 is 24.8. The third-order valence-corrected chi connectivity index (χ3v) is 7.12. The maximum atomic E-state index is 13.9. The van der Waals surface area contributed by atoms with E-state index in [2.05, 4.69) is 4.90 Å². The molecule has 0 radical (unpaired) electrons. The van der Waals surface area contributed by atoms with E-state index in [9.17, 15) is 14.0 Å². The molecule has 176 valence electrons. The molecule has 0 unspecified atom stereocenters. The van der Waals surface area contributed by atoms with Crippen molar-refractivity contribution in [1.82, 2.24) is 4.90 Å². The third kappa shape index (κ3) is 5.61. The number of halogens is 1. The lowest BCUT2D eigenvalue weighted by Gasteiger charge is -2.35. The van der Waals surface area contributed by atoms with Crippen molar-refractivity contribution in [2.75, 3.05) is 20.2 Å². The van der Waals surface area contributed by atoms with Crippen molar-refractivity contribution in [2.24, 2.45) is 11.8 Å². The highest BCUT2D eigenvalue weighted by Gasteiger charge is 2.43. The number of hydrogen-bond donors (Lipinski definition) is 0. The molecular formula is C27H32FNO4. The van der Waals surface area contributed by atoms with Crippen LogP contribution in [0.4, 0.5) is 4.39 Å². The van der Waals surface area contributed by atoms with Crippen molar-refractivity contribution < 1.29 is 23.5 Å². The second kappa shape index (κ2) is 10.9. The zero-order valence-electron chi connectivity index (χ0n) is 19.1. The zero-order valence-corrected chi connectivity index (χ0v) is 19.1. The van der Waals surface area contributed by atoms with E-state index in [1.54, 1.807) is 13.2 Å². The van der Waals surface area contributed by atoms with Crippen molar-refractivity contribution in [2.45, 2.75) is 50.7 Å². The largest absolute Gasteiger partial charge is 0.497 e. The molecule has 0 aromatic heterocycles. The lowest BCUT2D eigenvalue weighted by Crippen LogP contribution is -2.46. The number of ether oxygens (including phenoxy) is 2. The van der Waals surface area contributed by atoms with Gasteiger partial charge < -0.3 is 14.3 Å². The van der Waals surface area contributed by atoms with Crippen molar-refractivity contribution in [3.63, 3.8) is 0 Å². The Hall–Kier alpha value is -2.73. The molecule has 2 aromatic carbocycles. The highest BCUT2D eigenvalue weighted by molar-refractivity contribution is 5.76. The predicted molar refractivity (Wildman–Crippen MR) is 123 cm³/mol. The van der Waals surface area contributed by atoms with E-state index in [0.29, 0.717) is 13.1 Å². The van der Waals surface area contributed by atoms with Gasteiger partial charge in [0, 0.05) is 24.9 Å². The SMILES string of the molecule is COc1ccc(COC(=O)[C@@H](C2CCCCC2)N2C[C@H](c3cccc(F)c3)[C@@H](C=O)C2)cc1. The molecule has 0 amide bonds. The highest BCUT2D eigenvalue weighted by atomic mass is 19.1. The lowest BCUT2D eigenvalue weighted by molar-refractivity contribution is -0.154. The summed E-state index contributed by atoms with van der Waals surface area (Å²) >= 11 is 0. The minimum absolute atomic E-state index is 0.126. The standard InChI is InChI=1S/C27H32FNO4/c1-32-24-12-10-19(11-13-24)18-33-27(31)26(20-6-3-2-4-7-20)29-15-22(17-30)25(16-29)21-8-5-9-23(28)14-21/h5,8-14,17,20,22,25-26H,2-4,6-7,15-16,18H2,1H3/t22-,25-,26-/m1/s1. The number of hydrogen-bond acceptors (Lipinski definition) is 5. The van der Waals surface area contributed by atoms with Gasteiger partial charge in [-0.05, 0) is 54.2 Å². The van der Waals surface area contributed by atoms with E-state index in [-0.39, 0.29) is 42.2 Å². The lowest BCUT2D eigenvalue weighted by atomic mass is 9.83. The van der Waals surface area contributed by atoms with Crippen LogP contribution in [0, 0.1) is 17.7 Å². The van der Waals surface area contributed by atoms with Crippen LogP contribution in [-0.4, -0.2) is 43.4 Å². The van der Waals surface area contributed by atoms with Crippen LogP contribution < -0.4 is 4.74 Å². The molecule has 1 aliphatic heterocycles. The molecule has 1 saturated carbocycles. The monoisotopic (exact) mass is 453 g/mol. The molecule has 3 atom stereocenters. The topological polar surface area (TPSA) is 55.8 Å². The molecule has 33 heavy (non-hydrogen) atoms. The summed E-state index contributed by atoms with van der Waals surface area (Å²) in [6.45, 7) is 1.24. The van der Waals surface area contributed by atoms with Crippen molar-refractivity contribution in [1.29, 1.82) is 0 Å². The number of methoxy groups -OCH3 is 1. The van der Waals surface area contributed by atoms with Crippen molar-refractivity contribution in [3.05, 3.63) is 65.5 Å². The summed E-state index contributed by atoms with van der Waals surface area (Å²) in [5.41, 5.74) is 1.71. The summed E-state index contributed by atoms with van der Waals surface area (Å²) in [5, 5.41) is 0. The van der Waals surface area contributed by atoms with E-state index >= 15 is 0 Å². The first-order chi connectivity index (χ1) is 16.1. The molecular weight excluding hydrogens is 421 g/mol. The van der Waals surface area contributed by atoms with E-state index in [1.807, 2.05) is 30.3 Å². The van der Waals surface area contributed by atoms with Crippen molar-refractivity contribution >= 4 is 12.3 Å². The van der Waals surface area contributed by atoms with Gasteiger partial charge in [-0.25, -0.2) is 4.39 Å². The van der Waals surface area contributed by atoms with Crippen LogP contribution in [0.1, 0.15) is 49.1 Å². The molecule has 2 aliphatic rings. The van der Waals surface area contributed by atoms with Gasteiger partial charge in [-0.15, -0.1) is 0 Å². The Balaban J connectivity index is 1.50. The Morgan fingerprint density at radius 2 is 1.88 bits per heavy atom. The summed E-state index contributed by atoms with van der Waals surface area (Å²) in [6, 6.07) is 13.5. The first-order valence-corrected chi connectivity index (χ1v) is 11.8. The van der Waals surface area contributed by atoms with E-state index < -0.39 is 0 Å². The van der Waals surface area contributed by atoms with Crippen molar-refractivity contribution in [3.8, 4) is 5.75 Å². The molecule has 2 aromatic rings. The van der Waals surface area contributed by atoms with Gasteiger partial charge in [-0.3, -0.25) is 9.69 Å². The van der Waals surface area contributed by atoms with E-state index in [4.69, 9.17) is 9.47 Å². The maximum Gasteiger partial charge on any atom is 0.323 e. The number of aldehydes is 1. The minimum Gasteiger partial charge on any atom is -0.497 e. The Bertz CT molecular complexity index is 941. The summed E-state index contributed by atoms with van der Waals surface area (Å²) in [4.78, 5) is 27.4. The molecule has 1 saturated heterocycles. The number of esters is 1. The van der Waals surface area contributed by atoms with Crippen LogP contribution in [0.2, 0.25) is 0 Å².